The normalized spacial score (nSPS) is 18.1. The lowest BCUT2D eigenvalue weighted by atomic mass is 10.0. The SMILES string of the molecule is CC(=O)N1CCN2C(=C(c3cccs3)NC2C(F)(F)F)C1.CCC(N)Cc1cc(F)c(F)cc1P.Cl. The molecule has 5 nitrogen and oxygen atoms in total. The summed E-state index contributed by atoms with van der Waals surface area (Å²) in [7, 11) is 2.39. The molecule has 3 unspecified atom stereocenters. The van der Waals surface area contributed by atoms with Crippen LogP contribution in [0.25, 0.3) is 5.70 Å². The Kier molecular flexibility index (Phi) is 10.5. The van der Waals surface area contributed by atoms with Gasteiger partial charge in [0.25, 0.3) is 0 Å². The van der Waals surface area contributed by atoms with Crippen molar-refractivity contribution in [3.63, 3.8) is 0 Å². The molecule has 1 amide bonds. The van der Waals surface area contributed by atoms with Crippen LogP contribution in [-0.2, 0) is 11.2 Å². The van der Waals surface area contributed by atoms with E-state index in [4.69, 9.17) is 5.73 Å². The lowest BCUT2D eigenvalue weighted by molar-refractivity contribution is -0.182. The van der Waals surface area contributed by atoms with Gasteiger partial charge in [-0.2, -0.15) is 13.2 Å². The van der Waals surface area contributed by atoms with Crippen molar-refractivity contribution >= 4 is 49.9 Å². The number of fused-ring (bicyclic) bond motifs is 1. The largest absolute Gasteiger partial charge is 0.427 e. The fourth-order valence-corrected chi connectivity index (χ4v) is 4.99. The van der Waals surface area contributed by atoms with E-state index < -0.39 is 24.0 Å². The van der Waals surface area contributed by atoms with Crippen LogP contribution >= 0.6 is 33.0 Å². The standard InChI is InChI=1S/C13H14F3N3OS.C10H14F2NP.ClH/c1-8(20)18-4-5-19-9(7-18)11(10-3-2-6-21-10)17-12(19)13(14,15)16;1-2-7(13)3-6-4-8(11)9(12)5-10(6)14;/h2-3,6,12,17H,4-5,7H2,1H3;4-5,7H,2-3,13-14H2,1H3;1H. The number of halogens is 6. The Hall–Kier alpha value is -1.94. The summed E-state index contributed by atoms with van der Waals surface area (Å²) in [6.07, 6.45) is -4.67. The molecular formula is C23H29ClF5N4OPS. The molecule has 0 saturated carbocycles. The molecule has 13 heteroatoms. The summed E-state index contributed by atoms with van der Waals surface area (Å²) >= 11 is 1.38. The number of nitrogens with one attached hydrogen (secondary N) is 1. The number of thiophene rings is 1. The topological polar surface area (TPSA) is 61.6 Å². The van der Waals surface area contributed by atoms with Crippen LogP contribution in [0.1, 0.15) is 30.7 Å². The maximum atomic E-state index is 13.2. The number of carbonyl (C=O) groups excluding carboxylic acids is 1. The van der Waals surface area contributed by atoms with Crippen LogP contribution in [0.5, 0.6) is 0 Å². The smallest absolute Gasteiger partial charge is 0.355 e. The summed E-state index contributed by atoms with van der Waals surface area (Å²) in [6.45, 7) is 4.10. The van der Waals surface area contributed by atoms with Gasteiger partial charge in [-0.1, -0.05) is 13.0 Å². The van der Waals surface area contributed by atoms with Crippen LogP contribution in [0.15, 0.2) is 35.3 Å². The zero-order valence-electron chi connectivity index (χ0n) is 19.7. The summed E-state index contributed by atoms with van der Waals surface area (Å²) < 4.78 is 65.2. The molecule has 3 heterocycles. The Morgan fingerprint density at radius 1 is 1.28 bits per heavy atom. The summed E-state index contributed by atoms with van der Waals surface area (Å²) in [6, 6.07) is 5.97. The van der Waals surface area contributed by atoms with Crippen LogP contribution < -0.4 is 16.4 Å². The molecule has 0 bridgehead atoms. The number of hydrogen-bond donors (Lipinski definition) is 2. The van der Waals surface area contributed by atoms with E-state index in [0.29, 0.717) is 29.7 Å². The van der Waals surface area contributed by atoms with Crippen LogP contribution in [0.3, 0.4) is 0 Å². The summed E-state index contributed by atoms with van der Waals surface area (Å²) in [5.41, 5.74) is 7.52. The molecule has 0 radical (unpaired) electrons. The number of carbonyl (C=O) groups is 1. The number of amides is 1. The Labute approximate surface area is 219 Å². The van der Waals surface area contributed by atoms with Gasteiger partial charge in [0.1, 0.15) is 0 Å². The number of hydrogen-bond acceptors (Lipinski definition) is 5. The molecule has 1 aromatic carbocycles. The molecule has 2 aromatic rings. The van der Waals surface area contributed by atoms with E-state index in [9.17, 15) is 26.7 Å². The monoisotopic (exact) mass is 570 g/mol. The van der Waals surface area contributed by atoms with Gasteiger partial charge in [0.05, 0.1) is 22.8 Å². The van der Waals surface area contributed by atoms with Gasteiger partial charge in [0.2, 0.25) is 5.91 Å². The molecule has 1 fully saturated rings. The van der Waals surface area contributed by atoms with Crippen molar-refractivity contribution in [2.45, 2.75) is 45.1 Å². The zero-order valence-corrected chi connectivity index (χ0v) is 22.5. The van der Waals surface area contributed by atoms with Gasteiger partial charge in [-0.15, -0.1) is 33.0 Å². The Balaban J connectivity index is 0.000000268. The van der Waals surface area contributed by atoms with Crippen LogP contribution in [0.2, 0.25) is 0 Å². The first-order valence-corrected chi connectivity index (χ1v) is 12.5. The zero-order chi connectivity index (χ0) is 25.9. The Morgan fingerprint density at radius 3 is 2.50 bits per heavy atom. The van der Waals surface area contributed by atoms with Crippen molar-refractivity contribution in [1.29, 1.82) is 0 Å². The maximum absolute atomic E-state index is 13.2. The van der Waals surface area contributed by atoms with E-state index in [1.807, 2.05) is 12.3 Å². The van der Waals surface area contributed by atoms with Crippen molar-refractivity contribution in [2.24, 2.45) is 5.73 Å². The number of nitrogens with zero attached hydrogens (tertiary/aromatic N) is 2. The molecule has 1 aromatic heterocycles. The van der Waals surface area contributed by atoms with E-state index in [1.54, 1.807) is 17.0 Å². The number of benzene rings is 1. The molecule has 3 atom stereocenters. The number of rotatable bonds is 4. The minimum absolute atomic E-state index is 0. The van der Waals surface area contributed by atoms with Gasteiger partial charge in [-0.25, -0.2) is 8.78 Å². The fraction of sp³-hybridized carbons (Fsp3) is 0.435. The molecule has 1 saturated heterocycles. The third-order valence-electron chi connectivity index (χ3n) is 5.89. The molecule has 3 N–H and O–H groups in total. The third-order valence-corrected chi connectivity index (χ3v) is 7.32. The van der Waals surface area contributed by atoms with Crippen molar-refractivity contribution in [1.82, 2.24) is 15.1 Å². The second-order valence-electron chi connectivity index (χ2n) is 8.36. The van der Waals surface area contributed by atoms with E-state index in [2.05, 4.69) is 14.6 Å². The van der Waals surface area contributed by atoms with E-state index in [1.165, 1.54) is 35.3 Å². The van der Waals surface area contributed by atoms with E-state index in [0.717, 1.165) is 16.9 Å². The van der Waals surface area contributed by atoms with Crippen molar-refractivity contribution in [3.05, 3.63) is 57.4 Å². The van der Waals surface area contributed by atoms with Gasteiger partial charge in [0.15, 0.2) is 17.8 Å². The predicted octanol–water partition coefficient (Wildman–Crippen LogP) is 4.24. The van der Waals surface area contributed by atoms with Gasteiger partial charge < -0.3 is 20.9 Å². The quantitative estimate of drug-likeness (QED) is 0.427. The lowest BCUT2D eigenvalue weighted by Gasteiger charge is -2.38. The van der Waals surface area contributed by atoms with Crippen LogP contribution in [0.4, 0.5) is 22.0 Å². The van der Waals surface area contributed by atoms with Crippen molar-refractivity contribution in [3.8, 4) is 0 Å². The fourth-order valence-electron chi connectivity index (χ4n) is 3.89. The highest BCUT2D eigenvalue weighted by Crippen LogP contribution is 2.38. The molecule has 0 spiro atoms. The Bertz CT molecular complexity index is 1080. The lowest BCUT2D eigenvalue weighted by Crippen LogP contribution is -2.54. The predicted molar refractivity (Wildman–Crippen MR) is 138 cm³/mol. The number of alkyl halides is 3. The number of piperazine rings is 1. The molecule has 2 aliphatic rings. The molecule has 36 heavy (non-hydrogen) atoms. The highest BCUT2D eigenvalue weighted by Gasteiger charge is 2.50. The maximum Gasteiger partial charge on any atom is 0.427 e. The third kappa shape index (κ3) is 7.09. The molecular weight excluding hydrogens is 542 g/mol. The second-order valence-corrected chi connectivity index (χ2v) is 9.93. The average Bonchev–Trinajstić information content (AvgIpc) is 3.44. The van der Waals surface area contributed by atoms with Gasteiger partial charge in [-0.05, 0) is 47.3 Å². The summed E-state index contributed by atoms with van der Waals surface area (Å²) in [4.78, 5) is 15.2. The first-order valence-electron chi connectivity index (χ1n) is 11.0. The summed E-state index contributed by atoms with van der Waals surface area (Å²) in [5.74, 6) is -1.75. The molecule has 0 aliphatic carbocycles. The molecule has 200 valence electrons. The van der Waals surface area contributed by atoms with Gasteiger partial charge in [-0.3, -0.25) is 4.79 Å². The van der Waals surface area contributed by atoms with Crippen molar-refractivity contribution < 1.29 is 26.7 Å². The minimum atomic E-state index is -4.36. The molecule has 2 aliphatic heterocycles. The number of nitrogens with two attached hydrogens (primary N) is 1. The minimum Gasteiger partial charge on any atom is -0.355 e. The van der Waals surface area contributed by atoms with Crippen LogP contribution in [0, 0.1) is 11.6 Å². The Morgan fingerprint density at radius 2 is 1.94 bits per heavy atom. The first kappa shape index (κ1) is 30.3. The summed E-state index contributed by atoms with van der Waals surface area (Å²) in [5, 5.41) is 5.08. The molecule has 4 rings (SSSR count). The van der Waals surface area contributed by atoms with Gasteiger partial charge in [0, 0.05) is 26.1 Å². The van der Waals surface area contributed by atoms with E-state index >= 15 is 0 Å². The van der Waals surface area contributed by atoms with Gasteiger partial charge >= 0.3 is 6.18 Å². The van der Waals surface area contributed by atoms with Crippen LogP contribution in [-0.4, -0.2) is 53.7 Å². The second kappa shape index (κ2) is 12.5. The highest BCUT2D eigenvalue weighted by molar-refractivity contribution is 7.27. The first-order chi connectivity index (χ1) is 16.4. The average molecular weight is 571 g/mol. The van der Waals surface area contributed by atoms with Crippen molar-refractivity contribution in [2.75, 3.05) is 19.6 Å². The van der Waals surface area contributed by atoms with E-state index in [-0.39, 0.29) is 37.4 Å². The highest BCUT2D eigenvalue weighted by atomic mass is 35.5.